The second-order valence-electron chi connectivity index (χ2n) is 6.08. The van der Waals surface area contributed by atoms with Crippen molar-refractivity contribution in [2.75, 3.05) is 36.9 Å². The molecule has 134 valence electrons. The molecule has 4 rings (SSSR count). The largest absolute Gasteiger partial charge is 0.396 e. The summed E-state index contributed by atoms with van der Waals surface area (Å²) in [7, 11) is 0. The standard InChI is InChI=1S/C19H16Cl2FN3O/c20-13-3-1-2-11(17(13)21)16-14(22)5-4-12-18(16)24-10-15(23)19(12)25-6-8-26-9-7-25/h1-5,10H,6-9,23H2. The maximum Gasteiger partial charge on any atom is 0.133 e. The molecular formula is C19H16Cl2FN3O. The molecule has 0 bridgehead atoms. The van der Waals surface area contributed by atoms with Gasteiger partial charge in [0.05, 0.1) is 46.3 Å². The highest BCUT2D eigenvalue weighted by Gasteiger charge is 2.22. The molecule has 0 amide bonds. The quantitative estimate of drug-likeness (QED) is 0.683. The fraction of sp³-hybridized carbons (Fsp3) is 0.211. The van der Waals surface area contributed by atoms with Crippen molar-refractivity contribution in [1.82, 2.24) is 4.98 Å². The summed E-state index contributed by atoms with van der Waals surface area (Å²) in [6.45, 7) is 2.68. The summed E-state index contributed by atoms with van der Waals surface area (Å²) in [6, 6.07) is 8.27. The molecule has 2 heterocycles. The first-order valence-corrected chi connectivity index (χ1v) is 8.97. The molecule has 1 aromatic heterocycles. The summed E-state index contributed by atoms with van der Waals surface area (Å²) in [5.41, 5.74) is 8.94. The summed E-state index contributed by atoms with van der Waals surface area (Å²) in [5, 5.41) is 1.44. The van der Waals surface area contributed by atoms with Crippen LogP contribution in [0.25, 0.3) is 22.0 Å². The minimum Gasteiger partial charge on any atom is -0.396 e. The van der Waals surface area contributed by atoms with E-state index in [0.717, 1.165) is 11.1 Å². The summed E-state index contributed by atoms with van der Waals surface area (Å²) in [5.74, 6) is -0.410. The Balaban J connectivity index is 2.00. The maximum atomic E-state index is 14.8. The van der Waals surface area contributed by atoms with Crippen molar-refractivity contribution in [3.63, 3.8) is 0 Å². The third-order valence-corrected chi connectivity index (χ3v) is 5.36. The van der Waals surface area contributed by atoms with Gasteiger partial charge >= 0.3 is 0 Å². The van der Waals surface area contributed by atoms with Crippen molar-refractivity contribution in [3.05, 3.63) is 52.4 Å². The monoisotopic (exact) mass is 391 g/mol. The molecule has 2 N–H and O–H groups in total. The lowest BCUT2D eigenvalue weighted by atomic mass is 9.99. The number of fused-ring (bicyclic) bond motifs is 1. The number of hydrogen-bond acceptors (Lipinski definition) is 4. The minimum atomic E-state index is -0.410. The molecule has 0 atom stereocenters. The predicted octanol–water partition coefficient (Wildman–Crippen LogP) is 4.77. The number of anilines is 2. The van der Waals surface area contributed by atoms with E-state index in [9.17, 15) is 4.39 Å². The molecule has 1 aliphatic heterocycles. The molecule has 1 fully saturated rings. The minimum absolute atomic E-state index is 0.298. The first kappa shape index (κ1) is 17.3. The van der Waals surface area contributed by atoms with Gasteiger partial charge < -0.3 is 15.4 Å². The van der Waals surface area contributed by atoms with Crippen LogP contribution in [0.5, 0.6) is 0 Å². The average Bonchev–Trinajstić information content (AvgIpc) is 2.65. The van der Waals surface area contributed by atoms with Crippen molar-refractivity contribution < 1.29 is 9.13 Å². The van der Waals surface area contributed by atoms with Crippen molar-refractivity contribution in [1.29, 1.82) is 0 Å². The van der Waals surface area contributed by atoms with Crippen molar-refractivity contribution in [2.24, 2.45) is 0 Å². The summed E-state index contributed by atoms with van der Waals surface area (Å²) >= 11 is 12.5. The number of rotatable bonds is 2. The van der Waals surface area contributed by atoms with Crippen molar-refractivity contribution in [2.45, 2.75) is 0 Å². The van der Waals surface area contributed by atoms with E-state index in [-0.39, 0.29) is 0 Å². The van der Waals surface area contributed by atoms with Gasteiger partial charge in [-0.3, -0.25) is 4.98 Å². The molecule has 2 aromatic carbocycles. The van der Waals surface area contributed by atoms with Crippen LogP contribution in [0, 0.1) is 5.82 Å². The zero-order chi connectivity index (χ0) is 18.3. The molecule has 1 saturated heterocycles. The van der Waals surface area contributed by atoms with Crippen molar-refractivity contribution >= 4 is 45.5 Å². The van der Waals surface area contributed by atoms with Crippen LogP contribution in [0.2, 0.25) is 10.0 Å². The Hall–Kier alpha value is -2.08. The number of morpholine rings is 1. The molecule has 0 saturated carbocycles. The number of nitrogen functional groups attached to an aromatic ring is 1. The lowest BCUT2D eigenvalue weighted by Gasteiger charge is -2.31. The second-order valence-corrected chi connectivity index (χ2v) is 6.87. The van der Waals surface area contributed by atoms with Gasteiger partial charge in [-0.05, 0) is 18.2 Å². The zero-order valence-corrected chi connectivity index (χ0v) is 15.3. The molecular weight excluding hydrogens is 376 g/mol. The van der Waals surface area contributed by atoms with Crippen LogP contribution in [-0.4, -0.2) is 31.3 Å². The lowest BCUT2D eigenvalue weighted by Crippen LogP contribution is -2.36. The number of halogens is 3. The SMILES string of the molecule is Nc1cnc2c(-c3cccc(Cl)c3Cl)c(F)ccc2c1N1CCOCC1. The van der Waals surface area contributed by atoms with E-state index in [4.69, 9.17) is 33.7 Å². The van der Waals surface area contributed by atoms with Gasteiger partial charge in [-0.2, -0.15) is 0 Å². The Kier molecular flexibility index (Phi) is 4.61. The topological polar surface area (TPSA) is 51.4 Å². The van der Waals surface area contributed by atoms with Crippen LogP contribution < -0.4 is 10.6 Å². The molecule has 7 heteroatoms. The number of ether oxygens (including phenoxy) is 1. The van der Waals surface area contributed by atoms with Crippen LogP contribution in [0.15, 0.2) is 36.5 Å². The summed E-state index contributed by atoms with van der Waals surface area (Å²) in [6.07, 6.45) is 1.56. The Morgan fingerprint density at radius 1 is 1.12 bits per heavy atom. The molecule has 3 aromatic rings. The average molecular weight is 392 g/mol. The molecule has 0 aliphatic carbocycles. The highest BCUT2D eigenvalue weighted by molar-refractivity contribution is 6.44. The Labute approximate surface area is 160 Å². The first-order valence-electron chi connectivity index (χ1n) is 8.21. The van der Waals surface area contributed by atoms with Crippen molar-refractivity contribution in [3.8, 4) is 11.1 Å². The van der Waals surface area contributed by atoms with E-state index in [1.165, 1.54) is 6.07 Å². The van der Waals surface area contributed by atoms with Gasteiger partial charge in [0.15, 0.2) is 0 Å². The number of aromatic nitrogens is 1. The number of pyridine rings is 1. The first-order chi connectivity index (χ1) is 12.6. The van der Waals surface area contributed by atoms with Crippen LogP contribution in [0.1, 0.15) is 0 Å². The molecule has 0 spiro atoms. The number of nitrogens with two attached hydrogens (primary N) is 1. The molecule has 0 unspecified atom stereocenters. The van der Waals surface area contributed by atoms with Gasteiger partial charge in [-0.1, -0.05) is 35.3 Å². The van der Waals surface area contributed by atoms with Crippen LogP contribution in [-0.2, 0) is 4.74 Å². The zero-order valence-electron chi connectivity index (χ0n) is 13.8. The predicted molar refractivity (Wildman–Crippen MR) is 105 cm³/mol. The van der Waals surface area contributed by atoms with Gasteiger partial charge in [0.1, 0.15) is 5.82 Å². The Morgan fingerprint density at radius 2 is 1.88 bits per heavy atom. The molecule has 1 aliphatic rings. The number of benzene rings is 2. The Bertz CT molecular complexity index is 990. The van der Waals surface area contributed by atoms with E-state index in [1.54, 1.807) is 30.5 Å². The normalized spacial score (nSPS) is 14.8. The number of hydrogen-bond donors (Lipinski definition) is 1. The maximum absolute atomic E-state index is 14.8. The van der Waals surface area contributed by atoms with Gasteiger partial charge in [-0.15, -0.1) is 0 Å². The van der Waals surface area contributed by atoms with E-state index in [1.807, 2.05) is 0 Å². The van der Waals surface area contributed by atoms with E-state index >= 15 is 0 Å². The third kappa shape index (κ3) is 2.86. The van der Waals surface area contributed by atoms with Crippen LogP contribution in [0.4, 0.5) is 15.8 Å². The fourth-order valence-electron chi connectivity index (χ4n) is 3.34. The molecule has 4 nitrogen and oxygen atoms in total. The van der Waals surface area contributed by atoms with Gasteiger partial charge in [0, 0.05) is 29.6 Å². The van der Waals surface area contributed by atoms with Gasteiger partial charge in [0.25, 0.3) is 0 Å². The summed E-state index contributed by atoms with van der Waals surface area (Å²) in [4.78, 5) is 6.56. The smallest absolute Gasteiger partial charge is 0.133 e. The Morgan fingerprint density at radius 3 is 2.65 bits per heavy atom. The van der Waals surface area contributed by atoms with E-state index < -0.39 is 5.82 Å². The van der Waals surface area contributed by atoms with E-state index in [0.29, 0.717) is 58.7 Å². The molecule has 0 radical (unpaired) electrons. The third-order valence-electron chi connectivity index (χ3n) is 4.54. The van der Waals surface area contributed by atoms with Crippen LogP contribution >= 0.6 is 23.2 Å². The van der Waals surface area contributed by atoms with Crippen LogP contribution in [0.3, 0.4) is 0 Å². The number of nitrogens with zero attached hydrogens (tertiary/aromatic N) is 2. The lowest BCUT2D eigenvalue weighted by molar-refractivity contribution is 0.123. The highest BCUT2D eigenvalue weighted by atomic mass is 35.5. The van der Waals surface area contributed by atoms with Gasteiger partial charge in [-0.25, -0.2) is 4.39 Å². The van der Waals surface area contributed by atoms with Gasteiger partial charge in [0.2, 0.25) is 0 Å². The summed E-state index contributed by atoms with van der Waals surface area (Å²) < 4.78 is 20.2. The van der Waals surface area contributed by atoms with E-state index in [2.05, 4.69) is 9.88 Å². The second kappa shape index (κ2) is 6.91. The highest BCUT2D eigenvalue weighted by Crippen LogP contribution is 2.41. The fourth-order valence-corrected chi connectivity index (χ4v) is 3.73. The molecule has 26 heavy (non-hydrogen) atoms.